The number of fused-ring (bicyclic) bond motifs is 1. The van der Waals surface area contributed by atoms with Crippen LogP contribution in [-0.4, -0.2) is 18.3 Å². The lowest BCUT2D eigenvalue weighted by atomic mass is 9.48. The number of carbonyl (C=O) groups is 2. The first kappa shape index (κ1) is 13.6. The second-order valence-corrected chi connectivity index (χ2v) is 5.11. The summed E-state index contributed by atoms with van der Waals surface area (Å²) < 4.78 is 10.5. The summed E-state index contributed by atoms with van der Waals surface area (Å²) in [6.45, 7) is 1.43. The molecule has 2 aliphatic rings. The van der Waals surface area contributed by atoms with Gasteiger partial charge >= 0.3 is 12.5 Å². The Kier molecular flexibility index (Phi) is 3.35. The van der Waals surface area contributed by atoms with Gasteiger partial charge in [0.1, 0.15) is 12.8 Å². The summed E-state index contributed by atoms with van der Waals surface area (Å²) in [4.78, 5) is 28.8. The third-order valence-electron chi connectivity index (χ3n) is 3.56. The average molecular weight is 287 g/mol. The van der Waals surface area contributed by atoms with Gasteiger partial charge in [0, 0.05) is 5.82 Å². The molecule has 3 rings (SSSR count). The van der Waals surface area contributed by atoms with Crippen molar-refractivity contribution in [2.75, 3.05) is 0 Å². The molecule has 0 spiro atoms. The van der Waals surface area contributed by atoms with Crippen LogP contribution in [0.2, 0.25) is 0 Å². The second kappa shape index (κ2) is 5.18. The molecular weight excluding hydrogens is 273 g/mol. The topological polar surface area (TPSA) is 73.9 Å². The van der Waals surface area contributed by atoms with Gasteiger partial charge in [-0.15, -0.1) is 0 Å². The lowest BCUT2D eigenvalue weighted by Gasteiger charge is -2.24. The number of hydroxylamine groups is 1. The zero-order valence-corrected chi connectivity index (χ0v) is 11.3. The number of hydrogen-bond acceptors (Lipinski definition) is 5. The van der Waals surface area contributed by atoms with Crippen LogP contribution in [0.15, 0.2) is 42.7 Å². The summed E-state index contributed by atoms with van der Waals surface area (Å²) in [5, 5.41) is 0. The molecule has 0 saturated carbocycles. The zero-order valence-electron chi connectivity index (χ0n) is 11.3. The van der Waals surface area contributed by atoms with Crippen LogP contribution in [0.1, 0.15) is 18.4 Å². The number of amides is 1. The molecule has 6 nitrogen and oxygen atoms in total. The van der Waals surface area contributed by atoms with E-state index in [1.807, 2.05) is 30.3 Å². The Morgan fingerprint density at radius 3 is 2.86 bits per heavy atom. The van der Waals surface area contributed by atoms with E-state index in [9.17, 15) is 9.59 Å². The van der Waals surface area contributed by atoms with Crippen LogP contribution in [0, 0.1) is 5.82 Å². The van der Waals surface area contributed by atoms with Gasteiger partial charge < -0.3 is 14.1 Å². The van der Waals surface area contributed by atoms with Gasteiger partial charge in [-0.1, -0.05) is 36.9 Å². The summed E-state index contributed by atoms with van der Waals surface area (Å²) in [6, 6.07) is 9.38. The molecule has 1 atom stereocenters. The molecular formula is C14H14BNO5. The van der Waals surface area contributed by atoms with Gasteiger partial charge in [0.25, 0.3) is 0 Å². The molecule has 108 valence electrons. The molecule has 0 bridgehead atoms. The highest BCUT2D eigenvalue weighted by molar-refractivity contribution is 7.03. The highest BCUT2D eigenvalue weighted by Gasteiger charge is 2.68. The maximum atomic E-state index is 12.3. The fourth-order valence-electron chi connectivity index (χ4n) is 2.60. The van der Waals surface area contributed by atoms with Crippen molar-refractivity contribution >= 4 is 18.3 Å². The minimum Gasteiger partial charge on any atom is -0.637 e. The summed E-state index contributed by atoms with van der Waals surface area (Å²) in [5.41, 5.74) is 3.21. The van der Waals surface area contributed by atoms with Crippen molar-refractivity contribution in [2.45, 2.75) is 19.4 Å². The largest absolute Gasteiger partial charge is 0.643 e. The van der Waals surface area contributed by atoms with Crippen molar-refractivity contribution in [3.05, 3.63) is 54.1 Å². The molecule has 7 heteroatoms. The third-order valence-corrected chi connectivity index (χ3v) is 3.56. The van der Waals surface area contributed by atoms with Gasteiger partial charge in [0.15, 0.2) is 0 Å². The fraction of sp³-hybridized carbons (Fsp3) is 0.214. The summed E-state index contributed by atoms with van der Waals surface area (Å²) in [5.74, 6) is -0.0114. The number of allylic oxidation sites excluding steroid dienone is 1. The minimum atomic E-state index is -2.46. The van der Waals surface area contributed by atoms with Gasteiger partial charge in [-0.3, -0.25) is 15.1 Å². The first-order valence-electron chi connectivity index (χ1n) is 6.64. The Balaban J connectivity index is 1.62. The zero-order chi connectivity index (χ0) is 14.9. The smallest absolute Gasteiger partial charge is 0.637 e. The number of hydrogen-bond donors (Lipinski definition) is 1. The number of rotatable bonds is 4. The Labute approximate surface area is 122 Å². The molecule has 1 N–H and O–H groups in total. The van der Waals surface area contributed by atoms with Crippen LogP contribution in [0.4, 0.5) is 4.79 Å². The van der Waals surface area contributed by atoms with Crippen molar-refractivity contribution in [1.29, 1.82) is 0 Å². The van der Waals surface area contributed by atoms with E-state index in [1.165, 1.54) is 0 Å². The molecule has 2 heterocycles. The van der Waals surface area contributed by atoms with Crippen LogP contribution >= 0.6 is 0 Å². The lowest BCUT2D eigenvalue weighted by molar-refractivity contribution is -0.133. The van der Waals surface area contributed by atoms with E-state index in [4.69, 9.17) is 14.1 Å². The van der Waals surface area contributed by atoms with Crippen LogP contribution in [0.25, 0.3) is 0 Å². The maximum absolute atomic E-state index is 12.3. The molecule has 0 aliphatic carbocycles. The van der Waals surface area contributed by atoms with Crippen molar-refractivity contribution in [3.63, 3.8) is 0 Å². The van der Waals surface area contributed by atoms with Gasteiger partial charge in [0.05, 0.1) is 12.4 Å². The maximum Gasteiger partial charge on any atom is 0.643 e. The first-order chi connectivity index (χ1) is 10.1. The van der Waals surface area contributed by atoms with Gasteiger partial charge in [-0.2, -0.15) is 0 Å². The van der Waals surface area contributed by atoms with E-state index in [-0.39, 0.29) is 13.0 Å². The predicted octanol–water partition coefficient (Wildman–Crippen LogP) is 1.85. The molecule has 1 aromatic carbocycles. The molecule has 1 unspecified atom stereocenters. The number of benzene rings is 1. The summed E-state index contributed by atoms with van der Waals surface area (Å²) >= 11 is 0. The minimum absolute atomic E-state index is 0.0884. The standard InChI is InChI=1S/C14H14BNO5/c1-10-7-12-8-13(17)21-15(12,20-10)14(18)16-19-9-11-5-3-2-4-6-11/h2-6H,1,7-9H2,(H,16,18). The quantitative estimate of drug-likeness (QED) is 0.519. The third kappa shape index (κ3) is 2.47. The van der Waals surface area contributed by atoms with Crippen LogP contribution in [0.5, 0.6) is 0 Å². The average Bonchev–Trinajstić information content (AvgIpc) is 2.91. The van der Waals surface area contributed by atoms with E-state index >= 15 is 0 Å². The molecule has 1 aromatic rings. The Hall–Kier alpha value is -2.41. The lowest BCUT2D eigenvalue weighted by Crippen LogP contribution is -2.54. The van der Waals surface area contributed by atoms with Crippen LogP contribution in [-0.2, 0) is 25.5 Å². The first-order valence-corrected chi connectivity index (χ1v) is 6.64. The monoisotopic (exact) mass is 287 g/mol. The van der Waals surface area contributed by atoms with E-state index in [2.05, 4.69) is 12.1 Å². The molecule has 1 amide bonds. The Morgan fingerprint density at radius 1 is 1.33 bits per heavy atom. The highest BCUT2D eigenvalue weighted by atomic mass is 16.7. The number of carbonyl (C=O) groups excluding carboxylic acids is 2. The fourth-order valence-corrected chi connectivity index (χ4v) is 2.60. The second-order valence-electron chi connectivity index (χ2n) is 5.11. The normalized spacial score (nSPS) is 23.5. The van der Waals surface area contributed by atoms with Crippen molar-refractivity contribution in [2.24, 2.45) is 0 Å². The Morgan fingerprint density at radius 2 is 2.10 bits per heavy atom. The summed E-state index contributed by atoms with van der Waals surface area (Å²) in [7, 11) is 0. The molecule has 0 radical (unpaired) electrons. The van der Waals surface area contributed by atoms with Crippen molar-refractivity contribution in [1.82, 2.24) is 5.48 Å². The SMILES string of the molecule is C=C1C[C+]2CC(=O)O[B-]2(C(=O)NOCc2ccccc2)O1. The molecule has 21 heavy (non-hydrogen) atoms. The van der Waals surface area contributed by atoms with Gasteiger partial charge in [-0.05, 0) is 5.56 Å². The molecule has 0 aromatic heterocycles. The molecule has 2 fully saturated rings. The predicted molar refractivity (Wildman–Crippen MR) is 74.3 cm³/mol. The molecule has 2 saturated heterocycles. The summed E-state index contributed by atoms with van der Waals surface area (Å²) in [6.07, 6.45) is 0.461. The van der Waals surface area contributed by atoms with E-state index < -0.39 is 18.3 Å². The van der Waals surface area contributed by atoms with Gasteiger partial charge in [0.2, 0.25) is 5.81 Å². The van der Waals surface area contributed by atoms with Crippen molar-refractivity contribution in [3.8, 4) is 0 Å². The molecule has 2 aliphatic heterocycles. The van der Waals surface area contributed by atoms with Gasteiger partial charge in [-0.25, -0.2) is 0 Å². The van der Waals surface area contributed by atoms with E-state index in [0.29, 0.717) is 18.0 Å². The number of nitrogens with one attached hydrogen (secondary N) is 1. The van der Waals surface area contributed by atoms with E-state index in [0.717, 1.165) is 5.56 Å². The van der Waals surface area contributed by atoms with Crippen LogP contribution < -0.4 is 5.48 Å². The highest BCUT2D eigenvalue weighted by Crippen LogP contribution is 2.44. The van der Waals surface area contributed by atoms with Crippen LogP contribution in [0.3, 0.4) is 0 Å². The van der Waals surface area contributed by atoms with Crippen molar-refractivity contribution < 1.29 is 23.7 Å². The van der Waals surface area contributed by atoms with E-state index in [1.54, 1.807) is 0 Å². The Bertz CT molecular complexity index is 568.